The molecule has 1 amide bonds. The van der Waals surface area contributed by atoms with E-state index < -0.39 is 0 Å². The zero-order valence-electron chi connectivity index (χ0n) is 10.3. The molecule has 1 fully saturated rings. The predicted molar refractivity (Wildman–Crippen MR) is 74.1 cm³/mol. The van der Waals surface area contributed by atoms with Crippen molar-refractivity contribution in [3.05, 3.63) is 42.0 Å². The largest absolute Gasteiger partial charge is 0.507 e. The van der Waals surface area contributed by atoms with Crippen LogP contribution in [0.2, 0.25) is 0 Å². The first kappa shape index (κ1) is 11.7. The van der Waals surface area contributed by atoms with E-state index in [-0.39, 0.29) is 17.6 Å². The standard InChI is InChI=1S/C15H14N2O2/c18-14-12(9-16-17-15(19)11-6-7-11)8-5-10-3-1-2-4-13(10)14/h1-5,8-9,11,18H,6-7H2,(H,17,19)/b16-9+. The summed E-state index contributed by atoms with van der Waals surface area (Å²) in [5.41, 5.74) is 3.08. The molecule has 4 heteroatoms. The Morgan fingerprint density at radius 2 is 2.05 bits per heavy atom. The number of nitrogens with one attached hydrogen (secondary N) is 1. The molecular weight excluding hydrogens is 240 g/mol. The van der Waals surface area contributed by atoms with Gasteiger partial charge in [-0.05, 0) is 24.3 Å². The van der Waals surface area contributed by atoms with Crippen LogP contribution in [0.4, 0.5) is 0 Å². The van der Waals surface area contributed by atoms with Crippen molar-refractivity contribution in [1.82, 2.24) is 5.43 Å². The highest BCUT2D eigenvalue weighted by Crippen LogP contribution is 2.29. The molecule has 0 heterocycles. The van der Waals surface area contributed by atoms with Gasteiger partial charge in [-0.2, -0.15) is 5.10 Å². The number of aromatic hydroxyl groups is 1. The summed E-state index contributed by atoms with van der Waals surface area (Å²) in [5, 5.41) is 15.8. The molecule has 2 N–H and O–H groups in total. The minimum atomic E-state index is -0.0449. The van der Waals surface area contributed by atoms with E-state index in [1.807, 2.05) is 30.3 Å². The Kier molecular flexibility index (Phi) is 2.91. The predicted octanol–water partition coefficient (Wildman–Crippen LogP) is 2.41. The Morgan fingerprint density at radius 1 is 1.26 bits per heavy atom. The first-order valence-electron chi connectivity index (χ1n) is 6.29. The van der Waals surface area contributed by atoms with Gasteiger partial charge in [-0.15, -0.1) is 0 Å². The van der Waals surface area contributed by atoms with Gasteiger partial charge in [0.1, 0.15) is 5.75 Å². The smallest absolute Gasteiger partial charge is 0.243 e. The molecule has 0 aliphatic heterocycles. The van der Waals surface area contributed by atoms with Crippen LogP contribution < -0.4 is 5.43 Å². The summed E-state index contributed by atoms with van der Waals surface area (Å²) in [7, 11) is 0. The first-order valence-corrected chi connectivity index (χ1v) is 6.29. The number of hydrogen-bond donors (Lipinski definition) is 2. The van der Waals surface area contributed by atoms with Crippen molar-refractivity contribution >= 4 is 22.9 Å². The van der Waals surface area contributed by atoms with Crippen LogP contribution in [0.15, 0.2) is 41.5 Å². The highest BCUT2D eigenvalue weighted by Gasteiger charge is 2.29. The Hall–Kier alpha value is -2.36. The Morgan fingerprint density at radius 3 is 2.84 bits per heavy atom. The molecule has 0 bridgehead atoms. The van der Waals surface area contributed by atoms with E-state index >= 15 is 0 Å². The van der Waals surface area contributed by atoms with Gasteiger partial charge in [0.15, 0.2) is 0 Å². The average Bonchev–Trinajstić information content (AvgIpc) is 3.26. The van der Waals surface area contributed by atoms with Crippen molar-refractivity contribution in [3.8, 4) is 5.75 Å². The van der Waals surface area contributed by atoms with Crippen LogP contribution in [0.25, 0.3) is 10.8 Å². The van der Waals surface area contributed by atoms with E-state index in [2.05, 4.69) is 10.5 Å². The van der Waals surface area contributed by atoms with E-state index in [0.717, 1.165) is 23.6 Å². The quantitative estimate of drug-likeness (QED) is 0.652. The minimum Gasteiger partial charge on any atom is -0.507 e. The number of hydrogen-bond acceptors (Lipinski definition) is 3. The molecular formula is C15H14N2O2. The van der Waals surface area contributed by atoms with Gasteiger partial charge in [0.2, 0.25) is 5.91 Å². The van der Waals surface area contributed by atoms with Crippen LogP contribution in [0.3, 0.4) is 0 Å². The number of carbonyl (C=O) groups is 1. The summed E-state index contributed by atoms with van der Waals surface area (Å²) in [6.07, 6.45) is 3.37. The molecule has 0 atom stereocenters. The van der Waals surface area contributed by atoms with Crippen LogP contribution in [-0.4, -0.2) is 17.2 Å². The molecule has 96 valence electrons. The van der Waals surface area contributed by atoms with Crippen molar-refractivity contribution in [3.63, 3.8) is 0 Å². The van der Waals surface area contributed by atoms with Crippen molar-refractivity contribution in [2.45, 2.75) is 12.8 Å². The number of amides is 1. The topological polar surface area (TPSA) is 61.7 Å². The van der Waals surface area contributed by atoms with E-state index in [9.17, 15) is 9.90 Å². The lowest BCUT2D eigenvalue weighted by Gasteiger charge is -2.04. The average molecular weight is 254 g/mol. The molecule has 0 radical (unpaired) electrons. The van der Waals surface area contributed by atoms with Crippen LogP contribution in [0.1, 0.15) is 18.4 Å². The molecule has 2 aromatic rings. The summed E-state index contributed by atoms with van der Waals surface area (Å²) in [5.74, 6) is 0.265. The zero-order chi connectivity index (χ0) is 13.2. The number of rotatable bonds is 3. The van der Waals surface area contributed by atoms with Gasteiger partial charge in [0.25, 0.3) is 0 Å². The second kappa shape index (κ2) is 4.72. The molecule has 1 saturated carbocycles. The summed E-state index contributed by atoms with van der Waals surface area (Å²) in [4.78, 5) is 11.4. The summed E-state index contributed by atoms with van der Waals surface area (Å²) < 4.78 is 0. The maximum absolute atomic E-state index is 11.4. The van der Waals surface area contributed by atoms with E-state index in [1.54, 1.807) is 6.07 Å². The van der Waals surface area contributed by atoms with Crippen LogP contribution in [0, 0.1) is 5.92 Å². The highest BCUT2D eigenvalue weighted by molar-refractivity contribution is 5.97. The third-order valence-electron chi connectivity index (χ3n) is 3.26. The number of nitrogens with zero attached hydrogens (tertiary/aromatic N) is 1. The lowest BCUT2D eigenvalue weighted by Crippen LogP contribution is -2.18. The number of hydrazone groups is 1. The Balaban J connectivity index is 1.82. The Bertz CT molecular complexity index is 660. The fourth-order valence-corrected chi connectivity index (χ4v) is 1.98. The number of carbonyl (C=O) groups excluding carboxylic acids is 1. The number of fused-ring (bicyclic) bond motifs is 1. The van der Waals surface area contributed by atoms with Gasteiger partial charge < -0.3 is 5.11 Å². The highest BCUT2D eigenvalue weighted by atomic mass is 16.3. The number of phenols is 1. The fourth-order valence-electron chi connectivity index (χ4n) is 1.98. The molecule has 1 aliphatic carbocycles. The zero-order valence-corrected chi connectivity index (χ0v) is 10.3. The van der Waals surface area contributed by atoms with Gasteiger partial charge in [0.05, 0.1) is 6.21 Å². The second-order valence-corrected chi connectivity index (χ2v) is 4.73. The van der Waals surface area contributed by atoms with Crippen molar-refractivity contribution < 1.29 is 9.90 Å². The van der Waals surface area contributed by atoms with Gasteiger partial charge in [-0.25, -0.2) is 5.43 Å². The van der Waals surface area contributed by atoms with Crippen LogP contribution >= 0.6 is 0 Å². The summed E-state index contributed by atoms with van der Waals surface area (Å²) >= 11 is 0. The molecule has 0 saturated heterocycles. The number of benzene rings is 2. The third kappa shape index (κ3) is 2.42. The molecule has 3 rings (SSSR count). The van der Waals surface area contributed by atoms with E-state index in [0.29, 0.717) is 5.56 Å². The SMILES string of the molecule is O=C(N/N=C/c1ccc2ccccc2c1O)C1CC1. The molecule has 0 spiro atoms. The molecule has 19 heavy (non-hydrogen) atoms. The minimum absolute atomic E-state index is 0.0449. The summed E-state index contributed by atoms with van der Waals surface area (Å²) in [6.45, 7) is 0. The first-order chi connectivity index (χ1) is 9.25. The lowest BCUT2D eigenvalue weighted by atomic mass is 10.1. The monoisotopic (exact) mass is 254 g/mol. The van der Waals surface area contributed by atoms with Gasteiger partial charge in [-0.3, -0.25) is 4.79 Å². The van der Waals surface area contributed by atoms with E-state index in [4.69, 9.17) is 0 Å². The van der Waals surface area contributed by atoms with Crippen molar-refractivity contribution in [1.29, 1.82) is 0 Å². The molecule has 2 aromatic carbocycles. The van der Waals surface area contributed by atoms with Gasteiger partial charge in [0, 0.05) is 16.9 Å². The molecule has 0 aromatic heterocycles. The van der Waals surface area contributed by atoms with Crippen LogP contribution in [0.5, 0.6) is 5.75 Å². The third-order valence-corrected chi connectivity index (χ3v) is 3.26. The van der Waals surface area contributed by atoms with E-state index in [1.165, 1.54) is 6.21 Å². The molecule has 1 aliphatic rings. The maximum atomic E-state index is 11.4. The van der Waals surface area contributed by atoms with Gasteiger partial charge >= 0.3 is 0 Å². The molecule has 4 nitrogen and oxygen atoms in total. The lowest BCUT2D eigenvalue weighted by molar-refractivity contribution is -0.122. The normalized spacial score (nSPS) is 14.9. The van der Waals surface area contributed by atoms with Gasteiger partial charge in [-0.1, -0.05) is 30.3 Å². The van der Waals surface area contributed by atoms with Crippen LogP contribution in [-0.2, 0) is 4.79 Å². The number of phenolic OH excluding ortho intramolecular Hbond substituents is 1. The maximum Gasteiger partial charge on any atom is 0.243 e. The molecule has 0 unspecified atom stereocenters. The summed E-state index contributed by atoms with van der Waals surface area (Å²) in [6, 6.07) is 11.3. The van der Waals surface area contributed by atoms with Crippen molar-refractivity contribution in [2.24, 2.45) is 11.0 Å². The Labute approximate surface area is 110 Å². The second-order valence-electron chi connectivity index (χ2n) is 4.73. The fraction of sp³-hybridized carbons (Fsp3) is 0.200. The van der Waals surface area contributed by atoms with Crippen molar-refractivity contribution in [2.75, 3.05) is 0 Å².